The Kier molecular flexibility index (Phi) is 4.65. The number of likely N-dealkylation sites (tertiary alicyclic amines) is 1. The van der Waals surface area contributed by atoms with Crippen molar-refractivity contribution in [3.63, 3.8) is 0 Å². The van der Waals surface area contributed by atoms with Gasteiger partial charge in [-0.25, -0.2) is 0 Å². The summed E-state index contributed by atoms with van der Waals surface area (Å²) in [7, 11) is 0. The van der Waals surface area contributed by atoms with E-state index in [0.29, 0.717) is 30.5 Å². The fourth-order valence-corrected chi connectivity index (χ4v) is 4.42. The van der Waals surface area contributed by atoms with Gasteiger partial charge in [-0.05, 0) is 51.5 Å². The quantitative estimate of drug-likeness (QED) is 0.728. The van der Waals surface area contributed by atoms with Crippen LogP contribution in [0.2, 0.25) is 0 Å². The number of rotatable bonds is 4. The van der Waals surface area contributed by atoms with Crippen LogP contribution in [0.1, 0.15) is 66.1 Å². The molecule has 3 aromatic heterocycles. The number of nitrogens with one attached hydrogen (secondary N) is 1. The number of carbonyl (C=O) groups is 1. The van der Waals surface area contributed by atoms with Crippen LogP contribution >= 0.6 is 0 Å². The van der Waals surface area contributed by atoms with E-state index < -0.39 is 0 Å². The molecule has 4 heterocycles. The van der Waals surface area contributed by atoms with E-state index in [4.69, 9.17) is 4.52 Å². The standard InChI is InChI=1S/C20H25N7O2/c1-2-27-16(7-10-21-27)19-22-18(25-29-19)13-8-11-26(12-9-13)20(28)17-14-5-3-4-6-15(14)23-24-17/h7,10,13H,2-6,8-9,11-12H2,1H3,(H,23,24). The van der Waals surface area contributed by atoms with Gasteiger partial charge in [-0.3, -0.25) is 14.6 Å². The van der Waals surface area contributed by atoms with Gasteiger partial charge in [0.1, 0.15) is 5.69 Å². The molecule has 0 radical (unpaired) electrons. The lowest BCUT2D eigenvalue weighted by atomic mass is 9.94. The Morgan fingerprint density at radius 2 is 2.10 bits per heavy atom. The molecule has 9 heteroatoms. The van der Waals surface area contributed by atoms with E-state index in [1.54, 1.807) is 6.20 Å². The van der Waals surface area contributed by atoms with E-state index in [9.17, 15) is 4.79 Å². The smallest absolute Gasteiger partial charge is 0.276 e. The molecule has 29 heavy (non-hydrogen) atoms. The molecule has 1 amide bonds. The lowest BCUT2D eigenvalue weighted by Crippen LogP contribution is -2.38. The van der Waals surface area contributed by atoms with E-state index in [1.165, 1.54) is 6.42 Å². The molecular weight excluding hydrogens is 370 g/mol. The van der Waals surface area contributed by atoms with Crippen molar-refractivity contribution in [2.24, 2.45) is 0 Å². The van der Waals surface area contributed by atoms with Gasteiger partial charge in [0.2, 0.25) is 0 Å². The van der Waals surface area contributed by atoms with Gasteiger partial charge in [0.15, 0.2) is 11.5 Å². The lowest BCUT2D eigenvalue weighted by molar-refractivity contribution is 0.0703. The van der Waals surface area contributed by atoms with E-state index in [-0.39, 0.29) is 11.8 Å². The zero-order valence-electron chi connectivity index (χ0n) is 16.6. The normalized spacial score (nSPS) is 17.5. The SMILES string of the molecule is CCn1nccc1-c1nc(C2CCN(C(=O)c3n[nH]c4c3CCCC4)CC2)no1. The number of aromatic nitrogens is 6. The minimum absolute atomic E-state index is 0.0449. The van der Waals surface area contributed by atoms with Crippen molar-refractivity contribution in [1.29, 1.82) is 0 Å². The van der Waals surface area contributed by atoms with E-state index in [1.807, 2.05) is 22.6 Å². The molecule has 1 N–H and O–H groups in total. The van der Waals surface area contributed by atoms with Crippen LogP contribution in [0.15, 0.2) is 16.8 Å². The minimum atomic E-state index is 0.0449. The van der Waals surface area contributed by atoms with Crippen molar-refractivity contribution in [3.05, 3.63) is 35.0 Å². The summed E-state index contributed by atoms with van der Waals surface area (Å²) >= 11 is 0. The highest BCUT2D eigenvalue weighted by molar-refractivity contribution is 5.94. The Balaban J connectivity index is 1.25. The van der Waals surface area contributed by atoms with Crippen molar-refractivity contribution in [1.82, 2.24) is 35.0 Å². The lowest BCUT2D eigenvalue weighted by Gasteiger charge is -2.30. The van der Waals surface area contributed by atoms with Gasteiger partial charge in [0.25, 0.3) is 11.8 Å². The zero-order valence-corrected chi connectivity index (χ0v) is 16.6. The molecule has 0 spiro atoms. The number of amides is 1. The third kappa shape index (κ3) is 3.24. The van der Waals surface area contributed by atoms with Crippen LogP contribution in [-0.4, -0.2) is 54.0 Å². The van der Waals surface area contributed by atoms with Gasteiger partial charge in [0, 0.05) is 43.0 Å². The Morgan fingerprint density at radius 1 is 1.28 bits per heavy atom. The van der Waals surface area contributed by atoms with Crippen LogP contribution in [-0.2, 0) is 19.4 Å². The third-order valence-corrected chi connectivity index (χ3v) is 6.08. The fraction of sp³-hybridized carbons (Fsp3) is 0.550. The molecule has 3 aromatic rings. The predicted molar refractivity (Wildman–Crippen MR) is 104 cm³/mol. The molecule has 0 aromatic carbocycles. The molecule has 0 saturated carbocycles. The van der Waals surface area contributed by atoms with Crippen molar-refractivity contribution in [3.8, 4) is 11.6 Å². The zero-order chi connectivity index (χ0) is 19.8. The molecule has 1 fully saturated rings. The summed E-state index contributed by atoms with van der Waals surface area (Å²) in [6, 6.07) is 1.88. The summed E-state index contributed by atoms with van der Waals surface area (Å²) in [6.07, 6.45) is 7.62. The number of nitrogens with zero attached hydrogens (tertiary/aromatic N) is 6. The second-order valence-corrected chi connectivity index (χ2v) is 7.79. The first-order valence-electron chi connectivity index (χ1n) is 10.5. The second-order valence-electron chi connectivity index (χ2n) is 7.79. The highest BCUT2D eigenvalue weighted by Crippen LogP contribution is 2.30. The first-order chi connectivity index (χ1) is 14.2. The number of H-pyrrole nitrogens is 1. The van der Waals surface area contributed by atoms with E-state index in [0.717, 1.165) is 55.6 Å². The number of piperidine rings is 1. The number of fused-ring (bicyclic) bond motifs is 1. The summed E-state index contributed by atoms with van der Waals surface area (Å²) in [5.41, 5.74) is 3.72. The Bertz CT molecular complexity index is 1010. The molecule has 152 valence electrons. The minimum Gasteiger partial charge on any atom is -0.337 e. The van der Waals surface area contributed by atoms with Gasteiger partial charge in [-0.2, -0.15) is 15.2 Å². The maximum absolute atomic E-state index is 13.0. The van der Waals surface area contributed by atoms with Gasteiger partial charge in [-0.1, -0.05) is 5.16 Å². The monoisotopic (exact) mass is 395 g/mol. The second kappa shape index (κ2) is 7.46. The Morgan fingerprint density at radius 3 is 2.93 bits per heavy atom. The maximum Gasteiger partial charge on any atom is 0.276 e. The third-order valence-electron chi connectivity index (χ3n) is 6.08. The number of hydrogen-bond acceptors (Lipinski definition) is 6. The predicted octanol–water partition coefficient (Wildman–Crippen LogP) is 2.57. The molecule has 1 saturated heterocycles. The van der Waals surface area contributed by atoms with Crippen LogP contribution in [0.25, 0.3) is 11.6 Å². The summed E-state index contributed by atoms with van der Waals surface area (Å²) in [4.78, 5) is 19.5. The summed E-state index contributed by atoms with van der Waals surface area (Å²) in [5.74, 6) is 1.46. The molecule has 5 rings (SSSR count). The van der Waals surface area contributed by atoms with Gasteiger partial charge >= 0.3 is 0 Å². The number of hydrogen-bond donors (Lipinski definition) is 1. The Hall–Kier alpha value is -2.97. The van der Waals surface area contributed by atoms with E-state index >= 15 is 0 Å². The van der Waals surface area contributed by atoms with Crippen LogP contribution in [0, 0.1) is 0 Å². The number of aryl methyl sites for hydroxylation is 2. The molecule has 2 aliphatic rings. The molecule has 1 aliphatic carbocycles. The molecule has 0 atom stereocenters. The Labute approximate surface area is 168 Å². The highest BCUT2D eigenvalue weighted by atomic mass is 16.5. The number of aromatic amines is 1. The molecule has 0 bridgehead atoms. The first kappa shape index (κ1) is 18.1. The van der Waals surface area contributed by atoms with Crippen molar-refractivity contribution in [2.45, 2.75) is 57.9 Å². The van der Waals surface area contributed by atoms with Crippen molar-refractivity contribution >= 4 is 5.91 Å². The van der Waals surface area contributed by atoms with Crippen LogP contribution in [0.4, 0.5) is 0 Å². The summed E-state index contributed by atoms with van der Waals surface area (Å²) in [6.45, 7) is 4.14. The highest BCUT2D eigenvalue weighted by Gasteiger charge is 2.31. The van der Waals surface area contributed by atoms with Gasteiger partial charge < -0.3 is 9.42 Å². The van der Waals surface area contributed by atoms with Gasteiger partial charge in [-0.15, -0.1) is 0 Å². The van der Waals surface area contributed by atoms with Crippen LogP contribution in [0.5, 0.6) is 0 Å². The maximum atomic E-state index is 13.0. The van der Waals surface area contributed by atoms with Crippen molar-refractivity contribution in [2.75, 3.05) is 13.1 Å². The number of carbonyl (C=O) groups excluding carboxylic acids is 1. The molecule has 9 nitrogen and oxygen atoms in total. The largest absolute Gasteiger partial charge is 0.337 e. The topological polar surface area (TPSA) is 106 Å². The average Bonchev–Trinajstić information content (AvgIpc) is 3.52. The fourth-order valence-electron chi connectivity index (χ4n) is 4.42. The summed E-state index contributed by atoms with van der Waals surface area (Å²) in [5, 5.41) is 15.9. The average molecular weight is 395 g/mol. The molecular formula is C20H25N7O2. The van der Waals surface area contributed by atoms with Crippen LogP contribution < -0.4 is 0 Å². The van der Waals surface area contributed by atoms with Crippen LogP contribution in [0.3, 0.4) is 0 Å². The first-order valence-corrected chi connectivity index (χ1v) is 10.5. The van der Waals surface area contributed by atoms with E-state index in [2.05, 4.69) is 25.4 Å². The molecule has 1 aliphatic heterocycles. The molecule has 0 unspecified atom stereocenters. The summed E-state index contributed by atoms with van der Waals surface area (Å²) < 4.78 is 7.32. The van der Waals surface area contributed by atoms with Crippen molar-refractivity contribution < 1.29 is 9.32 Å². The van der Waals surface area contributed by atoms with Gasteiger partial charge in [0.05, 0.1) is 0 Å².